The largest absolute Gasteiger partial charge is 0.372 e. The van der Waals surface area contributed by atoms with E-state index in [4.69, 9.17) is 4.74 Å². The maximum atomic E-state index is 13.9. The molecular weight excluding hydrogens is 301 g/mol. The van der Waals surface area contributed by atoms with Crippen LogP contribution < -0.4 is 5.32 Å². The lowest BCUT2D eigenvalue weighted by Crippen LogP contribution is -2.40. The minimum Gasteiger partial charge on any atom is -0.372 e. The molecule has 1 N–H and O–H groups in total. The molecule has 1 amide bonds. The molecule has 0 aliphatic carbocycles. The average molecular weight is 319 g/mol. The third kappa shape index (κ3) is 4.02. The summed E-state index contributed by atoms with van der Waals surface area (Å²) < 4.78 is 19.4. The Morgan fingerprint density at radius 2 is 2.14 bits per heavy atom. The molecule has 2 rings (SSSR count). The van der Waals surface area contributed by atoms with Crippen molar-refractivity contribution in [3.63, 3.8) is 0 Å². The van der Waals surface area contributed by atoms with Gasteiger partial charge in [0, 0.05) is 23.6 Å². The number of halogens is 1. The first-order valence-electron chi connectivity index (χ1n) is 6.85. The fourth-order valence-electron chi connectivity index (χ4n) is 2.03. The van der Waals surface area contributed by atoms with Crippen molar-refractivity contribution in [2.45, 2.75) is 12.5 Å². The Labute approximate surface area is 133 Å². The second-order valence-corrected chi connectivity index (χ2v) is 5.96. The van der Waals surface area contributed by atoms with Gasteiger partial charge in [-0.2, -0.15) is 0 Å². The number of hydrogen-bond acceptors (Lipinski definition) is 3. The van der Waals surface area contributed by atoms with Crippen LogP contribution >= 0.6 is 11.3 Å². The minimum atomic E-state index is -0.919. The maximum absolute atomic E-state index is 13.9. The van der Waals surface area contributed by atoms with Crippen LogP contribution in [0.1, 0.15) is 17.4 Å². The first-order valence-corrected chi connectivity index (χ1v) is 7.73. The van der Waals surface area contributed by atoms with Gasteiger partial charge in [-0.05, 0) is 30.5 Å². The summed E-state index contributed by atoms with van der Waals surface area (Å²) in [7, 11) is 1.50. The van der Waals surface area contributed by atoms with Gasteiger partial charge in [-0.15, -0.1) is 11.3 Å². The third-order valence-corrected chi connectivity index (χ3v) is 4.27. The number of methoxy groups -OCH3 is 1. The smallest absolute Gasteiger partial charge is 0.244 e. The van der Waals surface area contributed by atoms with Crippen molar-refractivity contribution >= 4 is 23.3 Å². The first kappa shape index (κ1) is 16.4. The summed E-state index contributed by atoms with van der Waals surface area (Å²) >= 11 is 1.55. The molecule has 2 aromatic rings. The molecule has 0 saturated heterocycles. The lowest BCUT2D eigenvalue weighted by atomic mass is 9.95. The number of rotatable bonds is 6. The predicted octanol–water partition coefficient (Wildman–Crippen LogP) is 3.58. The van der Waals surface area contributed by atoms with Gasteiger partial charge in [0.2, 0.25) is 5.91 Å². The van der Waals surface area contributed by atoms with Gasteiger partial charge < -0.3 is 10.1 Å². The Hall–Kier alpha value is -1.98. The van der Waals surface area contributed by atoms with Crippen molar-refractivity contribution in [3.8, 4) is 0 Å². The lowest BCUT2D eigenvalue weighted by molar-refractivity contribution is -0.118. The quantitative estimate of drug-likeness (QED) is 0.827. The highest BCUT2D eigenvalue weighted by Crippen LogP contribution is 2.26. The highest BCUT2D eigenvalue weighted by Gasteiger charge is 2.29. The third-order valence-electron chi connectivity index (χ3n) is 3.44. The number of amides is 1. The van der Waals surface area contributed by atoms with E-state index in [0.29, 0.717) is 5.56 Å². The second kappa shape index (κ2) is 7.33. The summed E-state index contributed by atoms with van der Waals surface area (Å²) in [5.74, 6) is -0.594. The van der Waals surface area contributed by atoms with Crippen molar-refractivity contribution in [2.24, 2.45) is 0 Å². The molecule has 0 radical (unpaired) electrons. The van der Waals surface area contributed by atoms with Crippen molar-refractivity contribution in [1.29, 1.82) is 0 Å². The Kier molecular flexibility index (Phi) is 5.46. The van der Waals surface area contributed by atoms with Crippen molar-refractivity contribution in [1.82, 2.24) is 5.32 Å². The van der Waals surface area contributed by atoms with Crippen LogP contribution in [-0.4, -0.2) is 19.6 Å². The number of benzene rings is 1. The van der Waals surface area contributed by atoms with E-state index in [0.717, 1.165) is 4.88 Å². The summed E-state index contributed by atoms with van der Waals surface area (Å²) in [6.07, 6.45) is 3.20. The van der Waals surface area contributed by atoms with Gasteiger partial charge in [-0.3, -0.25) is 4.79 Å². The molecule has 1 aromatic carbocycles. The standard InChI is InChI=1S/C17H18FNO2S/c1-17(21-2,14-7-3-4-8-15(14)18)12-19-16(20)10-9-13-6-5-11-22-13/h3-11H,12H2,1-2H3,(H,19,20). The van der Waals surface area contributed by atoms with Crippen LogP contribution in [0.2, 0.25) is 0 Å². The molecule has 116 valence electrons. The zero-order valence-corrected chi connectivity index (χ0v) is 13.3. The average Bonchev–Trinajstić information content (AvgIpc) is 3.04. The van der Waals surface area contributed by atoms with E-state index >= 15 is 0 Å². The molecule has 0 aliphatic heterocycles. The van der Waals surface area contributed by atoms with E-state index in [1.54, 1.807) is 42.5 Å². The van der Waals surface area contributed by atoms with E-state index in [2.05, 4.69) is 5.32 Å². The zero-order valence-electron chi connectivity index (χ0n) is 12.5. The molecule has 1 atom stereocenters. The van der Waals surface area contributed by atoms with E-state index < -0.39 is 5.60 Å². The van der Waals surface area contributed by atoms with Crippen molar-refractivity contribution in [3.05, 3.63) is 64.1 Å². The van der Waals surface area contributed by atoms with E-state index in [9.17, 15) is 9.18 Å². The minimum absolute atomic E-state index is 0.179. The SMILES string of the molecule is COC(C)(CNC(=O)C=Cc1cccs1)c1ccccc1F. The molecule has 0 spiro atoms. The van der Waals surface area contributed by atoms with Gasteiger partial charge in [0.1, 0.15) is 11.4 Å². The zero-order chi connectivity index (χ0) is 16.0. The Bertz CT molecular complexity index is 654. The number of hydrogen-bond donors (Lipinski definition) is 1. The van der Waals surface area contributed by atoms with E-state index in [1.165, 1.54) is 19.3 Å². The van der Waals surface area contributed by atoms with Crippen LogP contribution in [0.3, 0.4) is 0 Å². The van der Waals surface area contributed by atoms with Crippen molar-refractivity contribution in [2.75, 3.05) is 13.7 Å². The Morgan fingerprint density at radius 1 is 1.36 bits per heavy atom. The number of thiophene rings is 1. The molecule has 0 fully saturated rings. The normalized spacial score (nSPS) is 14.0. The van der Waals surface area contributed by atoms with Gasteiger partial charge in [0.25, 0.3) is 0 Å². The molecule has 1 aromatic heterocycles. The lowest BCUT2D eigenvalue weighted by Gasteiger charge is -2.29. The molecular formula is C17H18FNO2S. The molecule has 0 bridgehead atoms. The Balaban J connectivity index is 2.01. The van der Waals surface area contributed by atoms with Gasteiger partial charge in [-0.1, -0.05) is 24.3 Å². The number of carbonyl (C=O) groups excluding carboxylic acids is 1. The highest BCUT2D eigenvalue weighted by atomic mass is 32.1. The molecule has 22 heavy (non-hydrogen) atoms. The van der Waals surface area contributed by atoms with Crippen LogP contribution in [-0.2, 0) is 15.1 Å². The monoisotopic (exact) mass is 319 g/mol. The summed E-state index contributed by atoms with van der Waals surface area (Å²) in [5.41, 5.74) is -0.502. The highest BCUT2D eigenvalue weighted by molar-refractivity contribution is 7.10. The van der Waals surface area contributed by atoms with Crippen LogP contribution in [0.5, 0.6) is 0 Å². The molecule has 5 heteroatoms. The molecule has 1 heterocycles. The topological polar surface area (TPSA) is 38.3 Å². The summed E-state index contributed by atoms with van der Waals surface area (Å²) in [5, 5.41) is 4.69. The Morgan fingerprint density at radius 3 is 2.77 bits per heavy atom. The van der Waals surface area contributed by atoms with Crippen LogP contribution in [0.15, 0.2) is 47.9 Å². The predicted molar refractivity (Wildman–Crippen MR) is 87.1 cm³/mol. The number of nitrogens with one attached hydrogen (secondary N) is 1. The second-order valence-electron chi connectivity index (χ2n) is 4.98. The van der Waals surface area contributed by atoms with Crippen LogP contribution in [0.4, 0.5) is 4.39 Å². The van der Waals surface area contributed by atoms with E-state index in [-0.39, 0.29) is 18.3 Å². The van der Waals surface area contributed by atoms with Crippen LogP contribution in [0, 0.1) is 5.82 Å². The molecule has 1 unspecified atom stereocenters. The summed E-state index contributed by atoms with van der Waals surface area (Å²) in [6, 6.07) is 10.2. The van der Waals surface area contributed by atoms with Gasteiger partial charge in [0.05, 0.1) is 6.54 Å². The van der Waals surface area contributed by atoms with Gasteiger partial charge >= 0.3 is 0 Å². The maximum Gasteiger partial charge on any atom is 0.244 e. The molecule has 0 aliphatic rings. The molecule has 0 saturated carbocycles. The first-order chi connectivity index (χ1) is 10.5. The number of ether oxygens (including phenoxy) is 1. The molecule has 3 nitrogen and oxygen atoms in total. The van der Waals surface area contributed by atoms with Gasteiger partial charge in [0.15, 0.2) is 0 Å². The fraction of sp³-hybridized carbons (Fsp3) is 0.235. The summed E-state index contributed by atoms with van der Waals surface area (Å²) in [4.78, 5) is 12.9. The van der Waals surface area contributed by atoms with Crippen molar-refractivity contribution < 1.29 is 13.9 Å². The van der Waals surface area contributed by atoms with Crippen LogP contribution in [0.25, 0.3) is 6.08 Å². The number of carbonyl (C=O) groups is 1. The van der Waals surface area contributed by atoms with Gasteiger partial charge in [-0.25, -0.2) is 4.39 Å². The fourth-order valence-corrected chi connectivity index (χ4v) is 2.64. The van der Waals surface area contributed by atoms with E-state index in [1.807, 2.05) is 17.5 Å². The summed E-state index contributed by atoms with van der Waals surface area (Å²) in [6.45, 7) is 1.92.